The molecule has 0 saturated carbocycles. The molecule has 1 aliphatic rings. The molecule has 0 spiro atoms. The fraction of sp³-hybridized carbons (Fsp3) is 0.240. The van der Waals surface area contributed by atoms with Gasteiger partial charge in [0.15, 0.2) is 3.95 Å². The van der Waals surface area contributed by atoms with E-state index in [0.717, 1.165) is 22.9 Å². The molecule has 5 nitrogen and oxygen atoms in total. The van der Waals surface area contributed by atoms with Crippen LogP contribution in [0.3, 0.4) is 0 Å². The zero-order valence-electron chi connectivity index (χ0n) is 18.5. The van der Waals surface area contributed by atoms with Crippen molar-refractivity contribution in [1.82, 2.24) is 4.57 Å². The van der Waals surface area contributed by atoms with Crippen molar-refractivity contribution in [3.8, 4) is 5.88 Å². The lowest BCUT2D eigenvalue weighted by atomic mass is 10.1. The Bertz CT molecular complexity index is 1360. The van der Waals surface area contributed by atoms with Gasteiger partial charge in [0.25, 0.3) is 0 Å². The summed E-state index contributed by atoms with van der Waals surface area (Å²) in [6.07, 6.45) is 1.01. The molecule has 182 valence electrons. The number of rotatable bonds is 8. The molecule has 0 fully saturated rings. The van der Waals surface area contributed by atoms with Crippen molar-refractivity contribution in [3.05, 3.63) is 68.5 Å². The Labute approximate surface area is 209 Å². The van der Waals surface area contributed by atoms with Crippen molar-refractivity contribution in [1.29, 1.82) is 0 Å². The van der Waals surface area contributed by atoms with Crippen LogP contribution in [0.5, 0.6) is 5.88 Å². The first-order valence-electron chi connectivity index (χ1n) is 11.0. The number of fused-ring (bicyclic) bond motifs is 1. The van der Waals surface area contributed by atoms with E-state index in [-0.39, 0.29) is 18.0 Å². The number of nitrogens with zero attached hydrogens (tertiary/aromatic N) is 2. The lowest BCUT2D eigenvalue weighted by Crippen LogP contribution is -2.16. The van der Waals surface area contributed by atoms with Gasteiger partial charge in [-0.05, 0) is 49.3 Å². The Balaban J connectivity index is 1.29. The minimum Gasteiger partial charge on any atom is -0.493 e. The van der Waals surface area contributed by atoms with E-state index in [2.05, 4.69) is 10.3 Å². The minimum atomic E-state index is -4.53. The van der Waals surface area contributed by atoms with Crippen molar-refractivity contribution in [2.75, 3.05) is 5.32 Å². The number of aliphatic imine (C=N–C) groups is 1. The number of unbranched alkanes of at least 4 members (excludes halogenated alkanes) is 2. The van der Waals surface area contributed by atoms with Crippen LogP contribution in [0, 0.1) is 3.95 Å². The molecule has 2 heterocycles. The molecule has 3 aromatic rings. The topological polar surface area (TPSA) is 66.6 Å². The van der Waals surface area contributed by atoms with Crippen LogP contribution < -0.4 is 5.32 Å². The molecular weight excluding hydrogens is 495 g/mol. The smallest absolute Gasteiger partial charge is 0.418 e. The van der Waals surface area contributed by atoms with Crippen LogP contribution in [0.1, 0.15) is 41.7 Å². The fourth-order valence-corrected chi connectivity index (χ4v) is 5.10. The van der Waals surface area contributed by atoms with E-state index >= 15 is 0 Å². The molecule has 0 bridgehead atoms. The second-order valence-electron chi connectivity index (χ2n) is 7.98. The number of alkyl halides is 3. The molecule has 10 heteroatoms. The highest BCUT2D eigenvalue weighted by Crippen LogP contribution is 2.36. The number of benzene rings is 2. The lowest BCUT2D eigenvalue weighted by Gasteiger charge is -2.13. The summed E-state index contributed by atoms with van der Waals surface area (Å²) >= 11 is 6.73. The molecule has 0 aliphatic carbocycles. The summed E-state index contributed by atoms with van der Waals surface area (Å²) in [5.74, 6) is -0.379. The maximum absolute atomic E-state index is 13.1. The number of anilines is 1. The summed E-state index contributed by atoms with van der Waals surface area (Å²) in [5, 5.41) is 13.0. The zero-order chi connectivity index (χ0) is 25.0. The van der Waals surface area contributed by atoms with Crippen LogP contribution in [-0.4, -0.2) is 21.8 Å². The van der Waals surface area contributed by atoms with Gasteiger partial charge in [-0.3, -0.25) is 14.4 Å². The normalized spacial score (nSPS) is 13.9. The Kier molecular flexibility index (Phi) is 7.51. The highest BCUT2D eigenvalue weighted by Gasteiger charge is 2.33. The molecule has 4 rings (SSSR count). The number of amides is 1. The van der Waals surface area contributed by atoms with Crippen LogP contribution in [0.15, 0.2) is 53.5 Å². The van der Waals surface area contributed by atoms with Crippen molar-refractivity contribution in [3.63, 3.8) is 0 Å². The van der Waals surface area contributed by atoms with Gasteiger partial charge >= 0.3 is 6.18 Å². The van der Waals surface area contributed by atoms with E-state index in [0.29, 0.717) is 34.6 Å². The van der Waals surface area contributed by atoms with E-state index in [1.54, 1.807) is 10.8 Å². The molecule has 1 amide bonds. The Hall–Kier alpha value is -3.24. The van der Waals surface area contributed by atoms with Crippen molar-refractivity contribution in [2.24, 2.45) is 4.99 Å². The first-order chi connectivity index (χ1) is 16.7. The van der Waals surface area contributed by atoms with Crippen LogP contribution in [0.2, 0.25) is 0 Å². The van der Waals surface area contributed by atoms with E-state index < -0.39 is 17.6 Å². The van der Waals surface area contributed by atoms with Gasteiger partial charge in [-0.15, -0.1) is 11.3 Å². The standard InChI is InChI=1S/C25H22F3N3O2S2/c26-25(27,28)18-9-4-6-11-20(18)30-22(32)12-2-1-7-13-31-23(33)21(35-24(31)34)14-16-15-29-19-10-5-3-8-17(16)19/h3-6,8-11,14-15,33H,1-2,7,12-13H2,(H,30,32)/b16-14-. The third kappa shape index (κ3) is 5.88. The molecular formula is C25H22F3N3O2S2. The summed E-state index contributed by atoms with van der Waals surface area (Å²) in [4.78, 5) is 17.2. The highest BCUT2D eigenvalue weighted by atomic mass is 32.1. The highest BCUT2D eigenvalue weighted by molar-refractivity contribution is 7.73. The zero-order valence-corrected chi connectivity index (χ0v) is 20.1. The Morgan fingerprint density at radius 2 is 1.86 bits per heavy atom. The van der Waals surface area contributed by atoms with E-state index in [9.17, 15) is 23.1 Å². The number of thiazole rings is 1. The molecule has 0 radical (unpaired) electrons. The van der Waals surface area contributed by atoms with Gasteiger partial charge in [0, 0.05) is 30.3 Å². The van der Waals surface area contributed by atoms with Crippen molar-refractivity contribution >= 4 is 58.7 Å². The van der Waals surface area contributed by atoms with E-state index in [1.165, 1.54) is 29.5 Å². The maximum atomic E-state index is 13.1. The molecule has 35 heavy (non-hydrogen) atoms. The number of carbonyl (C=O) groups is 1. The monoisotopic (exact) mass is 517 g/mol. The quantitative estimate of drug-likeness (QED) is 0.241. The number of halogens is 3. The molecule has 2 N–H and O–H groups in total. The van der Waals surface area contributed by atoms with Gasteiger partial charge in [-0.25, -0.2) is 0 Å². The second kappa shape index (κ2) is 10.6. The fourth-order valence-electron chi connectivity index (χ4n) is 3.78. The van der Waals surface area contributed by atoms with Crippen LogP contribution in [-0.2, 0) is 17.5 Å². The van der Waals surface area contributed by atoms with Gasteiger partial charge in [-0.1, -0.05) is 36.8 Å². The number of para-hydroxylation sites is 2. The summed E-state index contributed by atoms with van der Waals surface area (Å²) in [5.41, 5.74) is 1.67. The number of allylic oxidation sites excluding steroid dienone is 1. The first kappa shape index (κ1) is 24.9. The van der Waals surface area contributed by atoms with Gasteiger partial charge < -0.3 is 10.4 Å². The summed E-state index contributed by atoms with van der Waals surface area (Å²) < 4.78 is 41.4. The van der Waals surface area contributed by atoms with Crippen molar-refractivity contribution in [2.45, 2.75) is 38.4 Å². The summed E-state index contributed by atoms with van der Waals surface area (Å²) in [6.45, 7) is 0.480. The molecule has 0 unspecified atom stereocenters. The van der Waals surface area contributed by atoms with Gasteiger partial charge in [0.1, 0.15) is 0 Å². The predicted octanol–water partition coefficient (Wildman–Crippen LogP) is 7.46. The van der Waals surface area contributed by atoms with E-state index in [4.69, 9.17) is 12.2 Å². The first-order valence-corrected chi connectivity index (χ1v) is 12.2. The molecule has 0 atom stereocenters. The van der Waals surface area contributed by atoms with Crippen LogP contribution >= 0.6 is 23.6 Å². The minimum absolute atomic E-state index is 0.0896. The lowest BCUT2D eigenvalue weighted by molar-refractivity contribution is -0.137. The number of hydrogen-bond acceptors (Lipinski definition) is 5. The average Bonchev–Trinajstić information content (AvgIpc) is 3.34. The summed E-state index contributed by atoms with van der Waals surface area (Å²) in [6, 6.07) is 12.7. The van der Waals surface area contributed by atoms with Crippen LogP contribution in [0.25, 0.3) is 11.6 Å². The van der Waals surface area contributed by atoms with Crippen LogP contribution in [0.4, 0.5) is 24.5 Å². The third-order valence-corrected chi connectivity index (χ3v) is 6.92. The maximum Gasteiger partial charge on any atom is 0.418 e. The molecule has 1 aromatic heterocycles. The number of aromatic hydroxyl groups is 1. The number of hydrogen-bond donors (Lipinski definition) is 2. The SMILES string of the molecule is O=C(CCCCCn1c(O)c(/C=C2/C=Nc3ccccc32)sc1=S)Nc1ccccc1C(F)(F)F. The third-order valence-electron chi connectivity index (χ3n) is 5.53. The Morgan fingerprint density at radius 3 is 2.66 bits per heavy atom. The predicted molar refractivity (Wildman–Crippen MR) is 136 cm³/mol. The van der Waals surface area contributed by atoms with E-state index in [1.807, 2.05) is 30.3 Å². The molecule has 1 aliphatic heterocycles. The largest absolute Gasteiger partial charge is 0.493 e. The Morgan fingerprint density at radius 1 is 1.11 bits per heavy atom. The number of aromatic nitrogens is 1. The molecule has 0 saturated heterocycles. The van der Waals surface area contributed by atoms with Crippen molar-refractivity contribution < 1.29 is 23.1 Å². The average molecular weight is 518 g/mol. The van der Waals surface area contributed by atoms with Gasteiger partial charge in [-0.2, -0.15) is 13.2 Å². The van der Waals surface area contributed by atoms with Gasteiger partial charge in [0.05, 0.1) is 21.8 Å². The van der Waals surface area contributed by atoms with Gasteiger partial charge in [0.2, 0.25) is 11.8 Å². The number of carbonyl (C=O) groups excluding carboxylic acids is 1. The number of nitrogens with one attached hydrogen (secondary N) is 1. The molecule has 2 aromatic carbocycles. The summed E-state index contributed by atoms with van der Waals surface area (Å²) in [7, 11) is 0. The second-order valence-corrected chi connectivity index (χ2v) is 9.66.